The number of carbonyl (C=O) groups is 2. The first-order valence-electron chi connectivity index (χ1n) is 11.4. The number of para-hydroxylation sites is 2. The van der Waals surface area contributed by atoms with Crippen LogP contribution in [0, 0.1) is 23.2 Å². The van der Waals surface area contributed by atoms with Crippen LogP contribution in [-0.4, -0.2) is 25.0 Å². The summed E-state index contributed by atoms with van der Waals surface area (Å²) in [5.74, 6) is 2.66. The third-order valence-corrected chi connectivity index (χ3v) is 7.35. The Labute approximate surface area is 183 Å². The van der Waals surface area contributed by atoms with E-state index in [1.165, 1.54) is 38.5 Å². The van der Waals surface area contributed by atoms with Gasteiger partial charge in [0, 0.05) is 12.2 Å². The number of rotatable bonds is 7. The van der Waals surface area contributed by atoms with Gasteiger partial charge in [0.2, 0.25) is 0 Å². The Bertz CT molecular complexity index is 921. The van der Waals surface area contributed by atoms with Crippen LogP contribution in [0.5, 0.6) is 5.75 Å². The van der Waals surface area contributed by atoms with Crippen LogP contribution in [0.3, 0.4) is 0 Å². The normalized spacial score (nSPS) is 28.2. The Kier molecular flexibility index (Phi) is 5.43. The third-order valence-electron chi connectivity index (χ3n) is 7.35. The molecule has 0 aromatic heterocycles. The summed E-state index contributed by atoms with van der Waals surface area (Å²) >= 11 is 0. The largest absolute Gasteiger partial charge is 0.483 e. The first kappa shape index (κ1) is 20.1. The minimum Gasteiger partial charge on any atom is -0.483 e. The average Bonchev–Trinajstić information content (AvgIpc) is 2.76. The lowest BCUT2D eigenvalue weighted by atomic mass is 9.49. The van der Waals surface area contributed by atoms with E-state index < -0.39 is 0 Å². The summed E-state index contributed by atoms with van der Waals surface area (Å²) in [6.45, 7) is 0.677. The van der Waals surface area contributed by atoms with Crippen LogP contribution in [0.4, 0.5) is 5.69 Å². The van der Waals surface area contributed by atoms with E-state index in [1.807, 2.05) is 36.4 Å². The topological polar surface area (TPSA) is 67.4 Å². The van der Waals surface area contributed by atoms with Gasteiger partial charge in [0.15, 0.2) is 6.61 Å². The van der Waals surface area contributed by atoms with Gasteiger partial charge in [-0.3, -0.25) is 9.59 Å². The van der Waals surface area contributed by atoms with Crippen molar-refractivity contribution in [1.29, 1.82) is 0 Å². The first-order valence-corrected chi connectivity index (χ1v) is 11.4. The molecular weight excluding hydrogens is 388 g/mol. The van der Waals surface area contributed by atoms with Crippen molar-refractivity contribution in [3.8, 4) is 5.75 Å². The zero-order chi connectivity index (χ0) is 21.3. The monoisotopic (exact) mass is 418 g/mol. The summed E-state index contributed by atoms with van der Waals surface area (Å²) in [7, 11) is 0. The number of nitrogens with one attached hydrogen (secondary N) is 2. The van der Waals surface area contributed by atoms with Gasteiger partial charge in [-0.15, -0.1) is 0 Å². The Morgan fingerprint density at radius 2 is 1.48 bits per heavy atom. The van der Waals surface area contributed by atoms with E-state index in [4.69, 9.17) is 4.74 Å². The zero-order valence-corrected chi connectivity index (χ0v) is 17.8. The minimum absolute atomic E-state index is 0.0814. The minimum atomic E-state index is -0.254. The van der Waals surface area contributed by atoms with Crippen molar-refractivity contribution in [1.82, 2.24) is 5.32 Å². The Balaban J connectivity index is 1.16. The van der Waals surface area contributed by atoms with Gasteiger partial charge in [0.25, 0.3) is 11.8 Å². The van der Waals surface area contributed by atoms with Crippen molar-refractivity contribution < 1.29 is 14.3 Å². The highest BCUT2D eigenvalue weighted by atomic mass is 16.5. The maximum absolute atomic E-state index is 12.7. The molecule has 2 aromatic rings. The van der Waals surface area contributed by atoms with Crippen LogP contribution in [0.25, 0.3) is 0 Å². The van der Waals surface area contributed by atoms with Gasteiger partial charge < -0.3 is 15.4 Å². The van der Waals surface area contributed by atoms with E-state index in [0.717, 1.165) is 30.0 Å². The molecule has 4 aliphatic carbocycles. The van der Waals surface area contributed by atoms with Crippen molar-refractivity contribution in [3.05, 3.63) is 60.2 Å². The number of hydrogen-bond donors (Lipinski definition) is 2. The molecule has 0 aliphatic heterocycles. The van der Waals surface area contributed by atoms with Gasteiger partial charge in [-0.05, 0) is 86.0 Å². The van der Waals surface area contributed by atoms with Crippen molar-refractivity contribution in [3.63, 3.8) is 0 Å². The smallest absolute Gasteiger partial charge is 0.259 e. The molecule has 4 fully saturated rings. The first-order chi connectivity index (χ1) is 15.1. The van der Waals surface area contributed by atoms with Crippen molar-refractivity contribution in [2.45, 2.75) is 38.5 Å². The highest BCUT2D eigenvalue weighted by Crippen LogP contribution is 2.59. The zero-order valence-electron chi connectivity index (χ0n) is 17.8. The highest BCUT2D eigenvalue weighted by molar-refractivity contribution is 6.06. The predicted molar refractivity (Wildman–Crippen MR) is 120 cm³/mol. The average molecular weight is 419 g/mol. The summed E-state index contributed by atoms with van der Waals surface area (Å²) in [6.07, 6.45) is 8.00. The van der Waals surface area contributed by atoms with Crippen molar-refractivity contribution in [2.75, 3.05) is 18.5 Å². The summed E-state index contributed by atoms with van der Waals surface area (Å²) in [5, 5.41) is 6.00. The van der Waals surface area contributed by atoms with Gasteiger partial charge >= 0.3 is 0 Å². The van der Waals surface area contributed by atoms with Gasteiger partial charge in [0.1, 0.15) is 5.75 Å². The van der Waals surface area contributed by atoms with Gasteiger partial charge in [0.05, 0.1) is 5.56 Å². The molecule has 6 rings (SSSR count). The molecule has 4 saturated carbocycles. The second kappa shape index (κ2) is 8.37. The lowest BCUT2D eigenvalue weighted by Gasteiger charge is -2.56. The molecule has 0 unspecified atom stereocenters. The van der Waals surface area contributed by atoms with Gasteiger partial charge in [-0.2, -0.15) is 0 Å². The molecule has 2 N–H and O–H groups in total. The van der Waals surface area contributed by atoms with Crippen LogP contribution in [-0.2, 0) is 4.79 Å². The maximum Gasteiger partial charge on any atom is 0.259 e. The molecular formula is C26H30N2O3. The van der Waals surface area contributed by atoms with E-state index in [2.05, 4.69) is 10.6 Å². The number of benzene rings is 2. The summed E-state index contributed by atoms with van der Waals surface area (Å²) in [6, 6.07) is 16.3. The Morgan fingerprint density at radius 1 is 0.871 bits per heavy atom. The van der Waals surface area contributed by atoms with Crippen LogP contribution in [0.1, 0.15) is 48.9 Å². The van der Waals surface area contributed by atoms with E-state index in [9.17, 15) is 9.59 Å². The Hall–Kier alpha value is -2.82. The lowest BCUT2D eigenvalue weighted by molar-refractivity contribution is -0.125. The fraction of sp³-hybridized carbons (Fsp3) is 0.462. The Morgan fingerprint density at radius 3 is 2.16 bits per heavy atom. The molecule has 0 heterocycles. The van der Waals surface area contributed by atoms with Crippen LogP contribution < -0.4 is 15.4 Å². The molecule has 0 saturated heterocycles. The fourth-order valence-electron chi connectivity index (χ4n) is 6.49. The van der Waals surface area contributed by atoms with Crippen molar-refractivity contribution >= 4 is 17.5 Å². The second-order valence-electron chi connectivity index (χ2n) is 9.80. The highest BCUT2D eigenvalue weighted by Gasteiger charge is 2.50. The standard InChI is InChI=1S/C26H30N2O3/c29-24(27-17-26-13-18-10-19(14-26)12-20(11-18)15-26)16-31-23-9-5-4-8-22(23)25(30)28-21-6-2-1-3-7-21/h1-9,18-20H,10-17H2,(H,27,29)(H,28,30). The second-order valence-corrected chi connectivity index (χ2v) is 9.80. The van der Waals surface area contributed by atoms with E-state index >= 15 is 0 Å². The molecule has 162 valence electrons. The van der Waals surface area contributed by atoms with Crippen molar-refractivity contribution in [2.24, 2.45) is 23.2 Å². The van der Waals surface area contributed by atoms with Crippen LogP contribution >= 0.6 is 0 Å². The number of carbonyl (C=O) groups excluding carboxylic acids is 2. The molecule has 31 heavy (non-hydrogen) atoms. The summed E-state index contributed by atoms with van der Waals surface area (Å²) < 4.78 is 5.76. The molecule has 0 radical (unpaired) electrons. The van der Waals surface area contributed by atoms with E-state index in [0.29, 0.717) is 16.7 Å². The fourth-order valence-corrected chi connectivity index (χ4v) is 6.49. The van der Waals surface area contributed by atoms with E-state index in [-0.39, 0.29) is 18.4 Å². The molecule has 4 bridgehead atoms. The predicted octanol–water partition coefficient (Wildman–Crippen LogP) is 4.65. The lowest BCUT2D eigenvalue weighted by Crippen LogP contribution is -2.51. The van der Waals surface area contributed by atoms with Crippen LogP contribution in [0.2, 0.25) is 0 Å². The SMILES string of the molecule is O=C(COc1ccccc1C(=O)Nc1ccccc1)NCC12CC3CC(CC(C3)C1)C2. The number of hydrogen-bond acceptors (Lipinski definition) is 3. The molecule has 4 aliphatic rings. The number of amides is 2. The summed E-state index contributed by atoms with van der Waals surface area (Å²) in [4.78, 5) is 25.2. The molecule has 5 heteroatoms. The molecule has 2 aromatic carbocycles. The maximum atomic E-state index is 12.7. The number of anilines is 1. The van der Waals surface area contributed by atoms with Gasteiger partial charge in [-0.1, -0.05) is 30.3 Å². The molecule has 0 spiro atoms. The summed E-state index contributed by atoms with van der Waals surface area (Å²) in [5.41, 5.74) is 1.44. The number of ether oxygens (including phenoxy) is 1. The third kappa shape index (κ3) is 4.46. The quantitative estimate of drug-likeness (QED) is 0.688. The molecule has 2 amide bonds. The van der Waals surface area contributed by atoms with Crippen LogP contribution in [0.15, 0.2) is 54.6 Å². The van der Waals surface area contributed by atoms with Gasteiger partial charge in [-0.25, -0.2) is 0 Å². The molecule has 0 atom stereocenters. The molecule has 5 nitrogen and oxygen atoms in total. The van der Waals surface area contributed by atoms with E-state index in [1.54, 1.807) is 18.2 Å².